The summed E-state index contributed by atoms with van der Waals surface area (Å²) in [5.74, 6) is -0.915. The van der Waals surface area contributed by atoms with Crippen molar-refractivity contribution in [3.8, 4) is 0 Å². The molecule has 0 unspecified atom stereocenters. The fraction of sp³-hybridized carbons (Fsp3) is 0.500. The summed E-state index contributed by atoms with van der Waals surface area (Å²) in [7, 11) is 2.04. The van der Waals surface area contributed by atoms with Crippen LogP contribution in [0.25, 0.3) is 0 Å². The molecule has 0 spiro atoms. The minimum atomic E-state index is -0.915. The minimum absolute atomic E-state index is 0.278. The topological polar surface area (TPSA) is 65.5 Å². The lowest BCUT2D eigenvalue weighted by Crippen LogP contribution is -2.52. The van der Waals surface area contributed by atoms with E-state index in [0.717, 1.165) is 13.1 Å². The number of likely N-dealkylation sites (N-methyl/N-ethyl adjacent to an activating group) is 1. The smallest absolute Gasteiger partial charge is 0.347 e. The Bertz CT molecular complexity index is 346. The Labute approximate surface area is 85.4 Å². The van der Waals surface area contributed by atoms with Gasteiger partial charge in [0.1, 0.15) is 4.88 Å². The molecule has 1 fully saturated rings. The SMILES string of the molecule is CN1CC(Nc2ncc(C(=O)O)s2)C1. The average Bonchev–Trinajstić information content (AvgIpc) is 2.50. The third kappa shape index (κ3) is 1.85. The standard InChI is InChI=1S/C8H11N3O2S/c1-11-3-5(4-11)10-8-9-2-6(14-8)7(12)13/h2,5H,3-4H2,1H3,(H,9,10)(H,12,13). The maximum atomic E-state index is 10.6. The fourth-order valence-corrected chi connectivity index (χ4v) is 2.14. The molecule has 0 saturated carbocycles. The van der Waals surface area contributed by atoms with Gasteiger partial charge in [0.05, 0.1) is 12.2 Å². The van der Waals surface area contributed by atoms with Crippen molar-refractivity contribution in [2.45, 2.75) is 6.04 Å². The summed E-state index contributed by atoms with van der Waals surface area (Å²) >= 11 is 1.18. The number of aromatic carboxylic acids is 1. The molecule has 76 valence electrons. The van der Waals surface area contributed by atoms with E-state index < -0.39 is 5.97 Å². The van der Waals surface area contributed by atoms with Crippen LogP contribution in [0.2, 0.25) is 0 Å². The molecule has 2 rings (SSSR count). The van der Waals surface area contributed by atoms with Crippen molar-refractivity contribution in [2.75, 3.05) is 25.5 Å². The third-order valence-electron chi connectivity index (χ3n) is 2.11. The molecule has 5 nitrogen and oxygen atoms in total. The van der Waals surface area contributed by atoms with Crippen molar-refractivity contribution in [3.63, 3.8) is 0 Å². The zero-order valence-electron chi connectivity index (χ0n) is 7.73. The highest BCUT2D eigenvalue weighted by molar-refractivity contribution is 7.17. The van der Waals surface area contributed by atoms with Crippen molar-refractivity contribution in [1.82, 2.24) is 9.88 Å². The first-order valence-corrected chi connectivity index (χ1v) is 5.11. The second-order valence-corrected chi connectivity index (χ2v) is 4.43. The Hall–Kier alpha value is -1.14. The third-order valence-corrected chi connectivity index (χ3v) is 3.02. The van der Waals surface area contributed by atoms with E-state index in [-0.39, 0.29) is 4.88 Å². The van der Waals surface area contributed by atoms with Crippen LogP contribution in [0.1, 0.15) is 9.67 Å². The lowest BCUT2D eigenvalue weighted by atomic mass is 10.1. The van der Waals surface area contributed by atoms with Crippen LogP contribution < -0.4 is 5.32 Å². The van der Waals surface area contributed by atoms with Crippen LogP contribution in [0.3, 0.4) is 0 Å². The Morgan fingerprint density at radius 3 is 3.00 bits per heavy atom. The van der Waals surface area contributed by atoms with Crippen molar-refractivity contribution < 1.29 is 9.90 Å². The number of nitrogens with one attached hydrogen (secondary N) is 1. The van der Waals surface area contributed by atoms with Gasteiger partial charge in [-0.3, -0.25) is 0 Å². The predicted octanol–water partition coefficient (Wildman–Crippen LogP) is 0.567. The molecule has 0 bridgehead atoms. The Balaban J connectivity index is 1.93. The van der Waals surface area contributed by atoms with Gasteiger partial charge in [-0.05, 0) is 7.05 Å². The van der Waals surface area contributed by atoms with Gasteiger partial charge >= 0.3 is 5.97 Å². The van der Waals surface area contributed by atoms with E-state index in [9.17, 15) is 4.79 Å². The van der Waals surface area contributed by atoms with Gasteiger partial charge in [0, 0.05) is 13.1 Å². The normalized spacial score (nSPS) is 17.8. The summed E-state index contributed by atoms with van der Waals surface area (Å²) in [5, 5.41) is 12.6. The first-order chi connectivity index (χ1) is 6.65. The zero-order chi connectivity index (χ0) is 10.1. The van der Waals surface area contributed by atoms with Gasteiger partial charge in [-0.25, -0.2) is 9.78 Å². The number of nitrogens with zero attached hydrogens (tertiary/aromatic N) is 2. The number of anilines is 1. The molecule has 1 aromatic heterocycles. The molecular formula is C8H11N3O2S. The number of carbonyl (C=O) groups is 1. The lowest BCUT2D eigenvalue weighted by molar-refractivity contribution is 0.0702. The van der Waals surface area contributed by atoms with Crippen molar-refractivity contribution >= 4 is 22.4 Å². The number of carboxylic acid groups (broad SMARTS) is 1. The number of aromatic nitrogens is 1. The first-order valence-electron chi connectivity index (χ1n) is 4.29. The Kier molecular flexibility index (Phi) is 2.39. The molecule has 2 N–H and O–H groups in total. The van der Waals surface area contributed by atoms with E-state index in [0.29, 0.717) is 11.2 Å². The zero-order valence-corrected chi connectivity index (χ0v) is 8.54. The predicted molar refractivity (Wildman–Crippen MR) is 54.0 cm³/mol. The molecule has 1 aromatic rings. The molecule has 6 heteroatoms. The Morgan fingerprint density at radius 1 is 1.79 bits per heavy atom. The monoisotopic (exact) mass is 213 g/mol. The van der Waals surface area contributed by atoms with E-state index in [1.165, 1.54) is 17.5 Å². The second kappa shape index (κ2) is 3.55. The molecule has 2 heterocycles. The number of likely N-dealkylation sites (tertiary alicyclic amines) is 1. The molecule has 1 saturated heterocycles. The van der Waals surface area contributed by atoms with Gasteiger partial charge in [-0.15, -0.1) is 0 Å². The number of hydrogen-bond acceptors (Lipinski definition) is 5. The highest BCUT2D eigenvalue weighted by atomic mass is 32.1. The maximum absolute atomic E-state index is 10.6. The fourth-order valence-electron chi connectivity index (χ4n) is 1.40. The van der Waals surface area contributed by atoms with Gasteiger partial charge in [0.25, 0.3) is 0 Å². The Morgan fingerprint density at radius 2 is 2.50 bits per heavy atom. The van der Waals surface area contributed by atoms with Crippen LogP contribution in [0, 0.1) is 0 Å². The highest BCUT2D eigenvalue weighted by Gasteiger charge is 2.23. The second-order valence-electron chi connectivity index (χ2n) is 3.40. The number of rotatable bonds is 3. The van der Waals surface area contributed by atoms with Crippen LogP contribution in [-0.2, 0) is 0 Å². The van der Waals surface area contributed by atoms with Crippen LogP contribution in [-0.4, -0.2) is 47.1 Å². The molecule has 0 atom stereocenters. The van der Waals surface area contributed by atoms with Crippen LogP contribution in [0.5, 0.6) is 0 Å². The van der Waals surface area contributed by atoms with Crippen LogP contribution in [0.4, 0.5) is 5.13 Å². The molecule has 1 aliphatic heterocycles. The summed E-state index contributed by atoms with van der Waals surface area (Å²) in [6.45, 7) is 1.98. The minimum Gasteiger partial charge on any atom is -0.477 e. The van der Waals surface area contributed by atoms with Gasteiger partial charge < -0.3 is 15.3 Å². The maximum Gasteiger partial charge on any atom is 0.347 e. The van der Waals surface area contributed by atoms with E-state index in [2.05, 4.69) is 15.2 Å². The lowest BCUT2D eigenvalue weighted by Gasteiger charge is -2.36. The van der Waals surface area contributed by atoms with Gasteiger partial charge in [0.15, 0.2) is 5.13 Å². The van der Waals surface area contributed by atoms with Crippen LogP contribution >= 0.6 is 11.3 Å². The van der Waals surface area contributed by atoms with Crippen LogP contribution in [0.15, 0.2) is 6.20 Å². The largest absolute Gasteiger partial charge is 0.477 e. The molecule has 0 aliphatic carbocycles. The molecule has 0 amide bonds. The first kappa shape index (κ1) is 9.42. The molecular weight excluding hydrogens is 202 g/mol. The van der Waals surface area contributed by atoms with Crippen molar-refractivity contribution in [2.24, 2.45) is 0 Å². The molecule has 14 heavy (non-hydrogen) atoms. The molecule has 0 aromatic carbocycles. The molecule has 0 radical (unpaired) electrons. The summed E-state index contributed by atoms with van der Waals surface area (Å²) in [5.41, 5.74) is 0. The van der Waals surface area contributed by atoms with E-state index in [4.69, 9.17) is 5.11 Å². The summed E-state index contributed by atoms with van der Waals surface area (Å²) in [6.07, 6.45) is 1.39. The van der Waals surface area contributed by atoms with Gasteiger partial charge in [-0.2, -0.15) is 0 Å². The summed E-state index contributed by atoms with van der Waals surface area (Å²) < 4.78 is 0. The van der Waals surface area contributed by atoms with E-state index >= 15 is 0 Å². The van der Waals surface area contributed by atoms with Crippen molar-refractivity contribution in [3.05, 3.63) is 11.1 Å². The van der Waals surface area contributed by atoms with Crippen molar-refractivity contribution in [1.29, 1.82) is 0 Å². The van der Waals surface area contributed by atoms with Gasteiger partial charge in [-0.1, -0.05) is 11.3 Å². The average molecular weight is 213 g/mol. The van der Waals surface area contributed by atoms with Gasteiger partial charge in [0.2, 0.25) is 0 Å². The van der Waals surface area contributed by atoms with E-state index in [1.807, 2.05) is 7.05 Å². The number of hydrogen-bond donors (Lipinski definition) is 2. The summed E-state index contributed by atoms with van der Waals surface area (Å²) in [6, 6.07) is 0.410. The van der Waals surface area contributed by atoms with E-state index in [1.54, 1.807) is 0 Å². The summed E-state index contributed by atoms with van der Waals surface area (Å²) in [4.78, 5) is 17.0. The number of carboxylic acids is 1. The highest BCUT2D eigenvalue weighted by Crippen LogP contribution is 2.20. The quantitative estimate of drug-likeness (QED) is 0.768. The molecule has 1 aliphatic rings. The number of thiazole rings is 1.